The van der Waals surface area contributed by atoms with Crippen LogP contribution in [-0.4, -0.2) is 25.2 Å². The lowest BCUT2D eigenvalue weighted by molar-refractivity contribution is 0.0827. The van der Waals surface area contributed by atoms with Crippen molar-refractivity contribution in [3.8, 4) is 11.5 Å². The van der Waals surface area contributed by atoms with Crippen molar-refractivity contribution in [2.24, 2.45) is 0 Å². The van der Waals surface area contributed by atoms with Crippen molar-refractivity contribution in [2.75, 3.05) is 13.4 Å². The summed E-state index contributed by atoms with van der Waals surface area (Å²) in [4.78, 5) is 25.6. The first-order chi connectivity index (χ1) is 14.1. The number of nitrogens with one attached hydrogen (secondary N) is 2. The monoisotopic (exact) mass is 412 g/mol. The van der Waals surface area contributed by atoms with E-state index < -0.39 is 11.8 Å². The van der Waals surface area contributed by atoms with Gasteiger partial charge in [-0.15, -0.1) is 11.8 Å². The highest BCUT2D eigenvalue weighted by Gasteiger charge is 2.16. The molecule has 0 atom stereocenters. The van der Waals surface area contributed by atoms with Gasteiger partial charge in [-0.3, -0.25) is 20.4 Å². The highest BCUT2D eigenvalue weighted by molar-refractivity contribution is 7.98. The Morgan fingerprint density at radius 3 is 2.48 bits per heavy atom. The van der Waals surface area contributed by atoms with Crippen molar-refractivity contribution < 1.29 is 23.5 Å². The van der Waals surface area contributed by atoms with Crippen LogP contribution in [0.4, 0.5) is 0 Å². The van der Waals surface area contributed by atoms with E-state index in [1.807, 2.05) is 36.6 Å². The van der Waals surface area contributed by atoms with Gasteiger partial charge in [-0.1, -0.05) is 18.2 Å². The molecule has 0 aliphatic heterocycles. The molecule has 0 fully saturated rings. The van der Waals surface area contributed by atoms with Crippen LogP contribution in [0.5, 0.6) is 11.5 Å². The first kappa shape index (κ1) is 20.3. The van der Waals surface area contributed by atoms with Gasteiger partial charge < -0.3 is 13.9 Å². The number of rotatable bonds is 7. The zero-order valence-corrected chi connectivity index (χ0v) is 16.7. The highest BCUT2D eigenvalue weighted by atomic mass is 32.2. The number of ether oxygens (including phenoxy) is 2. The zero-order chi connectivity index (χ0) is 20.6. The van der Waals surface area contributed by atoms with Crippen LogP contribution >= 0.6 is 11.8 Å². The van der Waals surface area contributed by atoms with Gasteiger partial charge in [0.05, 0.1) is 12.7 Å². The molecule has 3 rings (SSSR count). The summed E-state index contributed by atoms with van der Waals surface area (Å²) < 4.78 is 16.3. The molecule has 0 unspecified atom stereocenters. The standard InChI is InChI=1S/C21H20N2O5S/c1-26-19-12-16(29-2)9-10-17(19)20(24)22-23-21(25)18-11-8-15(28-18)13-27-14-6-4-3-5-7-14/h3-12H,13H2,1-2H3,(H,22,24)(H,23,25). The van der Waals surface area contributed by atoms with E-state index in [2.05, 4.69) is 10.9 Å². The maximum absolute atomic E-state index is 12.4. The van der Waals surface area contributed by atoms with Crippen LogP contribution in [0.1, 0.15) is 26.7 Å². The largest absolute Gasteiger partial charge is 0.496 e. The number of hydrogen-bond donors (Lipinski definition) is 2. The third-order valence-corrected chi connectivity index (χ3v) is 4.68. The van der Waals surface area contributed by atoms with E-state index in [0.717, 1.165) is 4.90 Å². The van der Waals surface area contributed by atoms with Gasteiger partial charge in [0.1, 0.15) is 23.9 Å². The average Bonchev–Trinajstić information content (AvgIpc) is 3.25. The van der Waals surface area contributed by atoms with Gasteiger partial charge >= 0.3 is 5.91 Å². The van der Waals surface area contributed by atoms with Crippen LogP contribution in [0.3, 0.4) is 0 Å². The normalized spacial score (nSPS) is 10.3. The summed E-state index contributed by atoms with van der Waals surface area (Å²) in [6, 6.07) is 17.6. The Hall–Kier alpha value is -3.39. The van der Waals surface area contributed by atoms with Gasteiger partial charge in [-0.05, 0) is 48.7 Å². The molecule has 1 aromatic heterocycles. The number of para-hydroxylation sites is 1. The van der Waals surface area contributed by atoms with Gasteiger partial charge in [0.25, 0.3) is 5.91 Å². The topological polar surface area (TPSA) is 89.8 Å². The Balaban J connectivity index is 1.55. The number of hydrogen-bond acceptors (Lipinski definition) is 6. The fraction of sp³-hybridized carbons (Fsp3) is 0.143. The molecule has 2 N–H and O–H groups in total. The summed E-state index contributed by atoms with van der Waals surface area (Å²) >= 11 is 1.53. The Bertz CT molecular complexity index is 988. The number of methoxy groups -OCH3 is 1. The molecule has 0 spiro atoms. The average molecular weight is 412 g/mol. The molecule has 1 heterocycles. The van der Waals surface area contributed by atoms with Crippen LogP contribution in [-0.2, 0) is 6.61 Å². The van der Waals surface area contributed by atoms with E-state index in [1.54, 1.807) is 24.3 Å². The number of carbonyl (C=O) groups is 2. The lowest BCUT2D eigenvalue weighted by Crippen LogP contribution is -2.41. The molecule has 0 saturated heterocycles. The Labute approximate surface area is 172 Å². The number of benzene rings is 2. The van der Waals surface area contributed by atoms with Gasteiger partial charge in [0, 0.05) is 4.90 Å². The first-order valence-corrected chi connectivity index (χ1v) is 9.92. The summed E-state index contributed by atoms with van der Waals surface area (Å²) in [6.07, 6.45) is 1.93. The van der Waals surface area contributed by atoms with E-state index >= 15 is 0 Å². The van der Waals surface area contributed by atoms with E-state index in [0.29, 0.717) is 22.8 Å². The molecular weight excluding hydrogens is 392 g/mol. The molecule has 3 aromatic rings. The van der Waals surface area contributed by atoms with Crippen molar-refractivity contribution in [2.45, 2.75) is 11.5 Å². The summed E-state index contributed by atoms with van der Waals surface area (Å²) in [5.41, 5.74) is 5.00. The van der Waals surface area contributed by atoms with Crippen LogP contribution < -0.4 is 20.3 Å². The third-order valence-electron chi connectivity index (χ3n) is 3.95. The molecule has 2 amide bonds. The first-order valence-electron chi connectivity index (χ1n) is 8.70. The SMILES string of the molecule is COc1cc(SC)ccc1C(=O)NNC(=O)c1ccc(COc2ccccc2)o1. The third kappa shape index (κ3) is 5.32. The van der Waals surface area contributed by atoms with E-state index in [-0.39, 0.29) is 12.4 Å². The minimum absolute atomic E-state index is 0.0571. The molecule has 0 saturated carbocycles. The minimum Gasteiger partial charge on any atom is -0.496 e. The molecular formula is C21H20N2O5S. The van der Waals surface area contributed by atoms with Crippen molar-refractivity contribution >= 4 is 23.6 Å². The minimum atomic E-state index is -0.580. The van der Waals surface area contributed by atoms with Gasteiger partial charge in [0.15, 0.2) is 5.76 Å². The fourth-order valence-corrected chi connectivity index (χ4v) is 2.91. The van der Waals surface area contributed by atoms with E-state index in [4.69, 9.17) is 13.9 Å². The Morgan fingerprint density at radius 2 is 1.76 bits per heavy atom. The second-order valence-corrected chi connectivity index (χ2v) is 6.72. The highest BCUT2D eigenvalue weighted by Crippen LogP contribution is 2.25. The van der Waals surface area contributed by atoms with Crippen molar-refractivity contribution in [3.63, 3.8) is 0 Å². The lowest BCUT2D eigenvalue weighted by Gasteiger charge is -2.10. The van der Waals surface area contributed by atoms with Gasteiger partial charge in [0.2, 0.25) is 0 Å². The molecule has 0 bridgehead atoms. The summed E-state index contributed by atoms with van der Waals surface area (Å²) in [6.45, 7) is 0.183. The van der Waals surface area contributed by atoms with Gasteiger partial charge in [-0.2, -0.15) is 0 Å². The molecule has 0 aliphatic carbocycles. The van der Waals surface area contributed by atoms with Crippen molar-refractivity contribution in [3.05, 3.63) is 77.7 Å². The molecule has 150 valence electrons. The smallest absolute Gasteiger partial charge is 0.305 e. The molecule has 0 aliphatic rings. The van der Waals surface area contributed by atoms with Crippen molar-refractivity contribution in [1.82, 2.24) is 10.9 Å². The summed E-state index contributed by atoms with van der Waals surface area (Å²) in [7, 11) is 1.48. The van der Waals surface area contributed by atoms with Crippen LogP contribution in [0.15, 0.2) is 70.0 Å². The summed E-state index contributed by atoms with van der Waals surface area (Å²) in [5.74, 6) is 0.581. The predicted molar refractivity (Wildman–Crippen MR) is 109 cm³/mol. The van der Waals surface area contributed by atoms with Gasteiger partial charge in [-0.25, -0.2) is 0 Å². The van der Waals surface area contributed by atoms with E-state index in [9.17, 15) is 9.59 Å². The van der Waals surface area contributed by atoms with E-state index in [1.165, 1.54) is 24.9 Å². The Kier molecular flexibility index (Phi) is 6.80. The number of carbonyl (C=O) groups excluding carboxylic acids is 2. The molecule has 2 aromatic carbocycles. The Morgan fingerprint density at radius 1 is 1.00 bits per heavy atom. The fourth-order valence-electron chi connectivity index (χ4n) is 2.48. The van der Waals surface area contributed by atoms with Crippen LogP contribution in [0.2, 0.25) is 0 Å². The maximum atomic E-state index is 12.4. The second kappa shape index (κ2) is 9.70. The second-order valence-electron chi connectivity index (χ2n) is 5.84. The zero-order valence-electron chi connectivity index (χ0n) is 15.9. The quantitative estimate of drug-likeness (QED) is 0.455. The van der Waals surface area contributed by atoms with Crippen molar-refractivity contribution in [1.29, 1.82) is 0 Å². The summed E-state index contributed by atoms with van der Waals surface area (Å²) in [5, 5.41) is 0. The van der Waals surface area contributed by atoms with Crippen LogP contribution in [0.25, 0.3) is 0 Å². The predicted octanol–water partition coefficient (Wildman–Crippen LogP) is 3.66. The molecule has 8 heteroatoms. The number of furan rings is 1. The van der Waals surface area contributed by atoms with Crippen LogP contribution in [0, 0.1) is 0 Å². The number of amides is 2. The molecule has 0 radical (unpaired) electrons. The lowest BCUT2D eigenvalue weighted by atomic mass is 10.2. The maximum Gasteiger partial charge on any atom is 0.305 e. The number of hydrazine groups is 1. The molecule has 29 heavy (non-hydrogen) atoms. The molecule has 7 nitrogen and oxygen atoms in total. The number of thioether (sulfide) groups is 1.